The molecule has 2 aromatic carbocycles. The molecule has 3 aromatic rings. The number of piperidine rings is 1. The Balaban J connectivity index is 0.834. The largest absolute Gasteiger partial charge is 0.492 e. The summed E-state index contributed by atoms with van der Waals surface area (Å²) in [6.07, 6.45) is 2.82. The van der Waals surface area contributed by atoms with Crippen molar-refractivity contribution in [3.05, 3.63) is 58.4 Å². The van der Waals surface area contributed by atoms with Gasteiger partial charge in [-0.05, 0) is 43.5 Å². The SMILES string of the molecule is O=C1CCC(Nc2ccc(N3CC(N4CCN(CCOc5cc(F)c6c(=O)[nH]c(CSC7CCOCC7)nc6c5)CC4)C3)cc2)C(=O)N1. The first-order valence-electron chi connectivity index (χ1n) is 16.8. The number of carbonyl (C=O) groups is 2. The maximum Gasteiger partial charge on any atom is 0.261 e. The Kier molecular flexibility index (Phi) is 10.1. The van der Waals surface area contributed by atoms with E-state index >= 15 is 0 Å². The maximum atomic E-state index is 14.9. The van der Waals surface area contributed by atoms with Gasteiger partial charge in [0.1, 0.15) is 35.4 Å². The van der Waals surface area contributed by atoms with Crippen molar-refractivity contribution in [3.63, 3.8) is 0 Å². The molecule has 4 aliphatic rings. The maximum absolute atomic E-state index is 14.9. The van der Waals surface area contributed by atoms with Crippen LogP contribution in [0.2, 0.25) is 0 Å². The fourth-order valence-electron chi connectivity index (χ4n) is 6.78. The average molecular weight is 680 g/mol. The Morgan fingerprint density at radius 2 is 1.79 bits per heavy atom. The van der Waals surface area contributed by atoms with E-state index in [-0.39, 0.29) is 23.2 Å². The Bertz CT molecular complexity index is 1670. The molecule has 0 bridgehead atoms. The van der Waals surface area contributed by atoms with E-state index in [0.717, 1.165) is 83.2 Å². The first-order chi connectivity index (χ1) is 23.4. The number of aromatic amines is 1. The topological polar surface area (TPSA) is 132 Å². The van der Waals surface area contributed by atoms with Crippen LogP contribution < -0.4 is 25.8 Å². The predicted octanol–water partition coefficient (Wildman–Crippen LogP) is 2.58. The number of hydrogen-bond acceptors (Lipinski definition) is 11. The Morgan fingerprint density at radius 3 is 2.54 bits per heavy atom. The average Bonchev–Trinajstić information content (AvgIpc) is 3.06. The predicted molar refractivity (Wildman–Crippen MR) is 183 cm³/mol. The summed E-state index contributed by atoms with van der Waals surface area (Å²) >= 11 is 1.75. The molecule has 2 amide bonds. The van der Waals surface area contributed by atoms with Gasteiger partial charge in [-0.15, -0.1) is 0 Å². The van der Waals surface area contributed by atoms with Crippen LogP contribution in [-0.4, -0.2) is 115 Å². The number of hydrogen-bond donors (Lipinski definition) is 3. The highest BCUT2D eigenvalue weighted by Gasteiger charge is 2.34. The summed E-state index contributed by atoms with van der Waals surface area (Å²) in [5.41, 5.74) is 1.88. The van der Waals surface area contributed by atoms with Gasteiger partial charge in [-0.3, -0.25) is 29.5 Å². The molecule has 1 aromatic heterocycles. The van der Waals surface area contributed by atoms with E-state index in [1.807, 2.05) is 12.1 Å². The van der Waals surface area contributed by atoms with Gasteiger partial charge in [0, 0.05) is 100 Å². The number of thioether (sulfide) groups is 1. The fraction of sp³-hybridized carbons (Fsp3) is 0.529. The molecule has 4 fully saturated rings. The number of aromatic nitrogens is 2. The molecule has 0 aliphatic carbocycles. The van der Waals surface area contributed by atoms with Crippen LogP contribution in [0.5, 0.6) is 5.75 Å². The lowest BCUT2D eigenvalue weighted by Gasteiger charge is -2.49. The number of amides is 2. The Hall–Kier alpha value is -3.72. The molecule has 5 heterocycles. The van der Waals surface area contributed by atoms with Gasteiger partial charge in [0.05, 0.1) is 11.3 Å². The zero-order valence-electron chi connectivity index (χ0n) is 26.9. The molecule has 48 heavy (non-hydrogen) atoms. The van der Waals surface area contributed by atoms with E-state index in [0.29, 0.717) is 53.6 Å². The van der Waals surface area contributed by atoms with E-state index in [9.17, 15) is 18.8 Å². The van der Waals surface area contributed by atoms with E-state index < -0.39 is 11.4 Å². The summed E-state index contributed by atoms with van der Waals surface area (Å²) in [5.74, 6) is 0.387. The number of ether oxygens (including phenoxy) is 2. The third-order valence-electron chi connectivity index (χ3n) is 9.68. The van der Waals surface area contributed by atoms with Crippen molar-refractivity contribution >= 4 is 45.9 Å². The molecule has 4 saturated heterocycles. The third kappa shape index (κ3) is 7.77. The second-order valence-corrected chi connectivity index (χ2v) is 14.2. The number of H-pyrrole nitrogens is 1. The lowest BCUT2D eigenvalue weighted by Crippen LogP contribution is -2.63. The number of nitrogens with one attached hydrogen (secondary N) is 3. The lowest BCUT2D eigenvalue weighted by atomic mass is 10.0. The zero-order chi connectivity index (χ0) is 33.0. The standard InChI is InChI=1S/C34H42FN7O5S/c35-27-17-25(18-29-32(27)34(45)38-30(37-29)21-48-26-7-14-46-15-8-26)47-16-13-40-9-11-41(12-10-40)24-19-42(20-24)23-3-1-22(2-4-23)36-28-5-6-31(43)39-33(28)44/h1-4,17-18,24,26,28,36H,5-16,19-21H2,(H,37,38,45)(H,39,43,44). The van der Waals surface area contributed by atoms with Gasteiger partial charge in [-0.1, -0.05) is 0 Å². The second-order valence-electron chi connectivity index (χ2n) is 12.9. The second kappa shape index (κ2) is 14.8. The van der Waals surface area contributed by atoms with Crippen molar-refractivity contribution in [3.8, 4) is 5.75 Å². The van der Waals surface area contributed by atoms with E-state index in [2.05, 4.69) is 47.4 Å². The van der Waals surface area contributed by atoms with Crippen LogP contribution >= 0.6 is 11.8 Å². The molecule has 1 atom stereocenters. The summed E-state index contributed by atoms with van der Waals surface area (Å²) in [5, 5.41) is 6.05. The summed E-state index contributed by atoms with van der Waals surface area (Å²) in [6, 6.07) is 11.2. The highest BCUT2D eigenvalue weighted by atomic mass is 32.2. The number of anilines is 2. The summed E-state index contributed by atoms with van der Waals surface area (Å²) < 4.78 is 26.3. The van der Waals surface area contributed by atoms with Crippen molar-refractivity contribution in [1.82, 2.24) is 25.1 Å². The van der Waals surface area contributed by atoms with Gasteiger partial charge in [-0.25, -0.2) is 9.37 Å². The van der Waals surface area contributed by atoms with E-state index in [1.165, 1.54) is 6.07 Å². The first-order valence-corrected chi connectivity index (χ1v) is 17.9. The molecule has 4 aliphatic heterocycles. The van der Waals surface area contributed by atoms with Gasteiger partial charge >= 0.3 is 0 Å². The van der Waals surface area contributed by atoms with Crippen molar-refractivity contribution in [2.45, 2.75) is 48.8 Å². The minimum Gasteiger partial charge on any atom is -0.492 e. The number of piperazine rings is 1. The van der Waals surface area contributed by atoms with E-state index in [1.54, 1.807) is 17.8 Å². The Morgan fingerprint density at radius 1 is 1.02 bits per heavy atom. The number of fused-ring (bicyclic) bond motifs is 1. The minimum absolute atomic E-state index is 0.0355. The minimum atomic E-state index is -0.622. The van der Waals surface area contributed by atoms with E-state index in [4.69, 9.17) is 9.47 Å². The van der Waals surface area contributed by atoms with Crippen LogP contribution in [-0.2, 0) is 20.1 Å². The Labute approximate surface area is 282 Å². The van der Waals surface area contributed by atoms with Gasteiger partial charge in [-0.2, -0.15) is 11.8 Å². The van der Waals surface area contributed by atoms with Crippen LogP contribution in [0.1, 0.15) is 31.5 Å². The highest BCUT2D eigenvalue weighted by Crippen LogP contribution is 2.28. The molecule has 3 N–H and O–H groups in total. The summed E-state index contributed by atoms with van der Waals surface area (Å²) in [4.78, 5) is 50.7. The smallest absolute Gasteiger partial charge is 0.261 e. The number of benzene rings is 2. The van der Waals surface area contributed by atoms with Crippen LogP contribution in [0.4, 0.5) is 15.8 Å². The molecule has 12 nitrogen and oxygen atoms in total. The van der Waals surface area contributed by atoms with Crippen molar-refractivity contribution in [1.29, 1.82) is 0 Å². The van der Waals surface area contributed by atoms with Crippen LogP contribution in [0.25, 0.3) is 10.9 Å². The number of carbonyl (C=O) groups excluding carboxylic acids is 2. The molecule has 0 spiro atoms. The van der Waals surface area contributed by atoms with Crippen molar-refractivity contribution in [2.24, 2.45) is 0 Å². The van der Waals surface area contributed by atoms with Gasteiger partial charge in [0.2, 0.25) is 11.8 Å². The highest BCUT2D eigenvalue weighted by molar-refractivity contribution is 7.99. The fourth-order valence-corrected chi connectivity index (χ4v) is 7.84. The molecular formula is C34H42FN7O5S. The van der Waals surface area contributed by atoms with Crippen molar-refractivity contribution in [2.75, 3.05) is 75.9 Å². The normalized spacial score (nSPS) is 21.7. The van der Waals surface area contributed by atoms with Crippen LogP contribution in [0, 0.1) is 5.82 Å². The number of rotatable bonds is 11. The summed E-state index contributed by atoms with van der Waals surface area (Å²) in [6.45, 7) is 8.48. The number of halogens is 1. The van der Waals surface area contributed by atoms with Crippen LogP contribution in [0.3, 0.4) is 0 Å². The first kappa shape index (κ1) is 32.8. The van der Waals surface area contributed by atoms with Crippen molar-refractivity contribution < 1.29 is 23.5 Å². The molecule has 7 rings (SSSR count). The molecule has 256 valence electrons. The zero-order valence-corrected chi connectivity index (χ0v) is 27.7. The third-order valence-corrected chi connectivity index (χ3v) is 11.1. The molecular weight excluding hydrogens is 637 g/mol. The lowest BCUT2D eigenvalue weighted by molar-refractivity contribution is -0.133. The monoisotopic (exact) mass is 679 g/mol. The number of nitrogens with zero attached hydrogens (tertiary/aromatic N) is 4. The van der Waals surface area contributed by atoms with Gasteiger partial charge in [0.25, 0.3) is 5.56 Å². The van der Waals surface area contributed by atoms with Crippen LogP contribution in [0.15, 0.2) is 41.2 Å². The molecule has 0 radical (unpaired) electrons. The quantitative estimate of drug-likeness (QED) is 0.259. The summed E-state index contributed by atoms with van der Waals surface area (Å²) in [7, 11) is 0. The molecule has 0 saturated carbocycles. The number of imide groups is 1. The van der Waals surface area contributed by atoms with Gasteiger partial charge in [0.15, 0.2) is 0 Å². The molecule has 1 unspecified atom stereocenters. The molecule has 14 heteroatoms. The van der Waals surface area contributed by atoms with Gasteiger partial charge < -0.3 is 24.7 Å².